The first kappa shape index (κ1) is 20.0. The summed E-state index contributed by atoms with van der Waals surface area (Å²) in [4.78, 5) is 30.3. The van der Waals surface area contributed by atoms with Crippen molar-refractivity contribution in [1.29, 1.82) is 0 Å². The van der Waals surface area contributed by atoms with Crippen molar-refractivity contribution in [2.45, 2.75) is 38.0 Å². The summed E-state index contributed by atoms with van der Waals surface area (Å²) in [5, 5.41) is 4.19. The minimum atomic E-state index is -0.707. The number of anilines is 1. The highest BCUT2D eigenvalue weighted by atomic mass is 16.5. The van der Waals surface area contributed by atoms with Crippen LogP contribution in [0.4, 0.5) is 5.69 Å². The van der Waals surface area contributed by atoms with Gasteiger partial charge in [0.05, 0.1) is 31.0 Å². The Labute approximate surface area is 182 Å². The number of carbonyl (C=O) groups excluding carboxylic acids is 2. The molecule has 4 atom stereocenters. The van der Waals surface area contributed by atoms with Crippen LogP contribution in [0.15, 0.2) is 54.9 Å². The maximum atomic E-state index is 13.5. The normalized spacial score (nSPS) is 28.6. The lowest BCUT2D eigenvalue weighted by molar-refractivity contribution is -0.139. The molecule has 3 aliphatic rings. The molecule has 7 heteroatoms. The Hall–Kier alpha value is -2.93. The van der Waals surface area contributed by atoms with Crippen LogP contribution in [0.2, 0.25) is 0 Å². The van der Waals surface area contributed by atoms with E-state index in [4.69, 9.17) is 4.74 Å². The van der Waals surface area contributed by atoms with Gasteiger partial charge < -0.3 is 14.5 Å². The first-order valence-electron chi connectivity index (χ1n) is 10.9. The average Bonchev–Trinajstić information content (AvgIpc) is 3.54. The van der Waals surface area contributed by atoms with Gasteiger partial charge in [-0.1, -0.05) is 38.1 Å². The summed E-state index contributed by atoms with van der Waals surface area (Å²) < 4.78 is 8.06. The van der Waals surface area contributed by atoms with Crippen LogP contribution in [0, 0.1) is 11.8 Å². The number of amides is 2. The van der Waals surface area contributed by atoms with Crippen molar-refractivity contribution in [3.63, 3.8) is 0 Å². The fourth-order valence-electron chi connectivity index (χ4n) is 5.09. The van der Waals surface area contributed by atoms with Gasteiger partial charge in [-0.15, -0.1) is 0 Å². The van der Waals surface area contributed by atoms with E-state index >= 15 is 0 Å². The van der Waals surface area contributed by atoms with E-state index in [1.165, 1.54) is 5.56 Å². The third kappa shape index (κ3) is 3.19. The Morgan fingerprint density at radius 2 is 2.10 bits per heavy atom. The van der Waals surface area contributed by atoms with Crippen LogP contribution in [0.25, 0.3) is 0 Å². The van der Waals surface area contributed by atoms with Crippen LogP contribution in [-0.4, -0.2) is 58.3 Å². The molecule has 0 N–H and O–H groups in total. The molecule has 2 saturated heterocycles. The van der Waals surface area contributed by atoms with Crippen molar-refractivity contribution in [2.75, 3.05) is 25.0 Å². The Balaban J connectivity index is 1.35. The summed E-state index contributed by atoms with van der Waals surface area (Å²) in [5.74, 6) is -0.601. The predicted octanol–water partition coefficient (Wildman–Crippen LogP) is 2.45. The van der Waals surface area contributed by atoms with Crippen molar-refractivity contribution >= 4 is 17.5 Å². The van der Waals surface area contributed by atoms with Gasteiger partial charge in [-0.2, -0.15) is 5.10 Å². The van der Waals surface area contributed by atoms with E-state index in [1.54, 1.807) is 27.7 Å². The fourth-order valence-corrected chi connectivity index (χ4v) is 5.09. The van der Waals surface area contributed by atoms with Crippen LogP contribution in [0.5, 0.6) is 0 Å². The number of aromatic nitrogens is 2. The molecule has 0 saturated carbocycles. The first-order chi connectivity index (χ1) is 14.9. The second-order valence-electron chi connectivity index (χ2n) is 9.10. The van der Waals surface area contributed by atoms with Crippen LogP contribution in [0.1, 0.15) is 25.3 Å². The molecule has 0 aliphatic carbocycles. The van der Waals surface area contributed by atoms with Crippen molar-refractivity contribution in [1.82, 2.24) is 14.7 Å². The number of likely N-dealkylation sites (N-methyl/N-ethyl adjacent to an activating group) is 1. The van der Waals surface area contributed by atoms with Crippen LogP contribution < -0.4 is 4.90 Å². The number of fused-ring (bicyclic) bond motifs is 1. The van der Waals surface area contributed by atoms with Gasteiger partial charge in [0.25, 0.3) is 0 Å². The number of carbonyl (C=O) groups is 2. The van der Waals surface area contributed by atoms with Crippen molar-refractivity contribution in [3.05, 3.63) is 60.4 Å². The number of benzene rings is 1. The maximum absolute atomic E-state index is 13.5. The number of rotatable bonds is 6. The quantitative estimate of drug-likeness (QED) is 0.674. The molecule has 2 aromatic rings. The number of hydrogen-bond donors (Lipinski definition) is 0. The molecule has 2 amide bonds. The van der Waals surface area contributed by atoms with Crippen LogP contribution in [-0.2, 0) is 20.9 Å². The average molecular weight is 421 g/mol. The van der Waals surface area contributed by atoms with Crippen molar-refractivity contribution in [3.8, 4) is 0 Å². The van der Waals surface area contributed by atoms with Crippen LogP contribution >= 0.6 is 0 Å². The lowest BCUT2D eigenvalue weighted by Crippen LogP contribution is -2.45. The zero-order chi connectivity index (χ0) is 21.8. The van der Waals surface area contributed by atoms with Gasteiger partial charge in [0, 0.05) is 31.7 Å². The number of ether oxygens (including phenoxy) is 1. The van der Waals surface area contributed by atoms with E-state index in [1.807, 2.05) is 36.5 Å². The summed E-state index contributed by atoms with van der Waals surface area (Å²) in [6.45, 7) is 5.89. The fraction of sp³-hybridized carbons (Fsp3) is 0.458. The molecule has 1 aromatic carbocycles. The molecular weight excluding hydrogens is 392 g/mol. The summed E-state index contributed by atoms with van der Waals surface area (Å²) in [7, 11) is 1.79. The van der Waals surface area contributed by atoms with Gasteiger partial charge in [-0.25, -0.2) is 0 Å². The van der Waals surface area contributed by atoms with Gasteiger partial charge >= 0.3 is 0 Å². The van der Waals surface area contributed by atoms with E-state index in [2.05, 4.69) is 31.1 Å². The molecular formula is C24H28N4O3. The molecule has 2 bridgehead atoms. The SMILES string of the molecule is CC(C)c1ccc(N2C[C@]34C=C[C@H](O3)[C@H](C(=O)N(C)CCn3cccn3)[C@H]4C2=O)cc1. The van der Waals surface area contributed by atoms with E-state index in [0.717, 1.165) is 5.69 Å². The zero-order valence-corrected chi connectivity index (χ0v) is 18.1. The molecule has 3 aliphatic heterocycles. The Morgan fingerprint density at radius 3 is 2.77 bits per heavy atom. The number of nitrogens with zero attached hydrogens (tertiary/aromatic N) is 4. The molecule has 0 radical (unpaired) electrons. The second-order valence-corrected chi connectivity index (χ2v) is 9.10. The molecule has 31 heavy (non-hydrogen) atoms. The molecule has 1 aromatic heterocycles. The molecule has 2 fully saturated rings. The molecule has 7 nitrogen and oxygen atoms in total. The summed E-state index contributed by atoms with van der Waals surface area (Å²) >= 11 is 0. The summed E-state index contributed by atoms with van der Waals surface area (Å²) in [6, 6.07) is 9.99. The molecule has 4 heterocycles. The van der Waals surface area contributed by atoms with E-state index < -0.39 is 17.4 Å². The highest BCUT2D eigenvalue weighted by molar-refractivity contribution is 6.03. The smallest absolute Gasteiger partial charge is 0.234 e. The van der Waals surface area contributed by atoms with Gasteiger partial charge in [0.2, 0.25) is 11.8 Å². The Bertz CT molecular complexity index is 1010. The van der Waals surface area contributed by atoms with Crippen LogP contribution in [0.3, 0.4) is 0 Å². The minimum absolute atomic E-state index is 0.0250. The van der Waals surface area contributed by atoms with Gasteiger partial charge in [0.1, 0.15) is 5.60 Å². The standard InChI is InChI=1S/C24H28N4O3/c1-16(2)17-5-7-18(8-6-17)28-15-24-10-9-19(31-24)20(21(24)23(28)30)22(29)26(3)13-14-27-12-4-11-25-27/h4-12,16,19-21H,13-15H2,1-3H3/t19-,20-,21-,24-/m0/s1. The summed E-state index contributed by atoms with van der Waals surface area (Å²) in [6.07, 6.45) is 7.22. The van der Waals surface area contributed by atoms with E-state index in [-0.39, 0.29) is 17.9 Å². The minimum Gasteiger partial charge on any atom is -0.360 e. The van der Waals surface area contributed by atoms with Crippen molar-refractivity contribution < 1.29 is 14.3 Å². The topological polar surface area (TPSA) is 67.7 Å². The van der Waals surface area contributed by atoms with E-state index in [0.29, 0.717) is 25.6 Å². The Morgan fingerprint density at radius 1 is 1.32 bits per heavy atom. The molecule has 162 valence electrons. The molecule has 1 spiro atoms. The lowest BCUT2D eigenvalue weighted by Gasteiger charge is -2.27. The molecule has 0 unspecified atom stereocenters. The van der Waals surface area contributed by atoms with Gasteiger partial charge in [-0.05, 0) is 29.7 Å². The largest absolute Gasteiger partial charge is 0.360 e. The van der Waals surface area contributed by atoms with E-state index in [9.17, 15) is 9.59 Å². The zero-order valence-electron chi connectivity index (χ0n) is 18.1. The predicted molar refractivity (Wildman–Crippen MR) is 116 cm³/mol. The summed E-state index contributed by atoms with van der Waals surface area (Å²) in [5.41, 5.74) is 1.39. The highest BCUT2D eigenvalue weighted by Crippen LogP contribution is 2.53. The lowest BCUT2D eigenvalue weighted by atomic mass is 9.76. The highest BCUT2D eigenvalue weighted by Gasteiger charge is 2.67. The molecule has 5 rings (SSSR count). The maximum Gasteiger partial charge on any atom is 0.234 e. The monoisotopic (exact) mass is 420 g/mol. The number of hydrogen-bond acceptors (Lipinski definition) is 4. The van der Waals surface area contributed by atoms with Crippen molar-refractivity contribution in [2.24, 2.45) is 11.8 Å². The third-order valence-corrected chi connectivity index (χ3v) is 6.86. The third-order valence-electron chi connectivity index (χ3n) is 6.86. The second kappa shape index (κ2) is 7.34. The van der Waals surface area contributed by atoms with Gasteiger partial charge in [0.15, 0.2) is 0 Å². The van der Waals surface area contributed by atoms with Gasteiger partial charge in [-0.3, -0.25) is 14.3 Å². The first-order valence-corrected chi connectivity index (χ1v) is 10.9. The Kier molecular flexibility index (Phi) is 4.73.